The molecule has 0 radical (unpaired) electrons. The Morgan fingerprint density at radius 1 is 1.38 bits per heavy atom. The largest absolute Gasteiger partial charge is 0.377 e. The monoisotopic (exact) mass is 303 g/mol. The van der Waals surface area contributed by atoms with Crippen molar-refractivity contribution in [2.75, 3.05) is 18.9 Å². The van der Waals surface area contributed by atoms with Crippen LogP contribution in [0.5, 0.6) is 0 Å². The second kappa shape index (κ2) is 7.20. The van der Waals surface area contributed by atoms with E-state index in [2.05, 4.69) is 28.3 Å². The summed E-state index contributed by atoms with van der Waals surface area (Å²) in [5.41, 5.74) is 1.01. The van der Waals surface area contributed by atoms with Gasteiger partial charge in [-0.25, -0.2) is 9.97 Å². The van der Waals surface area contributed by atoms with Crippen LogP contribution in [-0.2, 0) is 4.74 Å². The van der Waals surface area contributed by atoms with E-state index in [4.69, 9.17) is 4.74 Å². The Balaban J connectivity index is 1.50. The highest BCUT2D eigenvalue weighted by molar-refractivity contribution is 7.99. The molecule has 0 amide bonds. The summed E-state index contributed by atoms with van der Waals surface area (Å²) >= 11 is 1.78. The van der Waals surface area contributed by atoms with E-state index in [-0.39, 0.29) is 0 Å². The van der Waals surface area contributed by atoms with Crippen LogP contribution in [0.2, 0.25) is 0 Å². The summed E-state index contributed by atoms with van der Waals surface area (Å²) in [6.07, 6.45) is 4.40. The fraction of sp³-hybridized carbons (Fsp3) is 0.500. The fourth-order valence-corrected chi connectivity index (χ4v) is 3.52. The molecule has 2 unspecified atom stereocenters. The average Bonchev–Trinajstić information content (AvgIpc) is 3.06. The molecule has 1 fully saturated rings. The number of ether oxygens (including phenoxy) is 1. The molecule has 1 aliphatic rings. The van der Waals surface area contributed by atoms with Gasteiger partial charge in [0, 0.05) is 30.3 Å². The average molecular weight is 303 g/mol. The van der Waals surface area contributed by atoms with E-state index in [0.717, 1.165) is 34.8 Å². The molecule has 2 heterocycles. The zero-order chi connectivity index (χ0) is 14.5. The van der Waals surface area contributed by atoms with Crippen LogP contribution in [0.15, 0.2) is 35.6 Å². The number of thioether (sulfide) groups is 1. The van der Waals surface area contributed by atoms with Gasteiger partial charge in [0.2, 0.25) is 0 Å². The molecule has 1 saturated heterocycles. The van der Waals surface area contributed by atoms with Crippen molar-refractivity contribution in [3.63, 3.8) is 0 Å². The Labute approximate surface area is 129 Å². The lowest BCUT2D eigenvalue weighted by molar-refractivity contribution is 0.0844. The molecule has 1 aromatic heterocycles. The van der Waals surface area contributed by atoms with Gasteiger partial charge in [0.15, 0.2) is 0 Å². The van der Waals surface area contributed by atoms with Crippen LogP contribution in [0.1, 0.15) is 19.8 Å². The first-order chi connectivity index (χ1) is 10.3. The lowest BCUT2D eigenvalue weighted by atomic mass is 10.1. The molecule has 2 atom stereocenters. The van der Waals surface area contributed by atoms with Crippen molar-refractivity contribution in [1.29, 1.82) is 0 Å². The molecule has 5 heteroatoms. The molecular weight excluding hydrogens is 282 g/mol. The van der Waals surface area contributed by atoms with Crippen molar-refractivity contribution in [2.45, 2.75) is 36.9 Å². The van der Waals surface area contributed by atoms with Crippen molar-refractivity contribution in [3.8, 4) is 0 Å². The third-order valence-corrected chi connectivity index (χ3v) is 4.84. The third kappa shape index (κ3) is 3.73. The minimum Gasteiger partial charge on any atom is -0.377 e. The Kier molecular flexibility index (Phi) is 5.06. The van der Waals surface area contributed by atoms with Crippen molar-refractivity contribution in [1.82, 2.24) is 15.3 Å². The maximum Gasteiger partial charge on any atom is 0.117 e. The standard InChI is InChI=1S/C16H21N3OS/c1-12(15-7-4-9-20-15)17-8-10-21-16-13-5-2-3-6-14(13)18-11-19-16/h2-3,5-6,11-12,15,17H,4,7-10H2,1H3. The van der Waals surface area contributed by atoms with E-state index >= 15 is 0 Å². The molecule has 112 valence electrons. The van der Waals surface area contributed by atoms with E-state index in [1.807, 2.05) is 18.2 Å². The zero-order valence-electron chi connectivity index (χ0n) is 12.3. The summed E-state index contributed by atoms with van der Waals surface area (Å²) in [6.45, 7) is 4.09. The molecule has 1 N–H and O–H groups in total. The van der Waals surface area contributed by atoms with Gasteiger partial charge in [-0.2, -0.15) is 0 Å². The number of hydrogen-bond donors (Lipinski definition) is 1. The molecule has 2 aromatic rings. The number of rotatable bonds is 6. The van der Waals surface area contributed by atoms with E-state index in [1.165, 1.54) is 12.8 Å². The van der Waals surface area contributed by atoms with Crippen LogP contribution in [-0.4, -0.2) is 41.0 Å². The second-order valence-electron chi connectivity index (χ2n) is 5.34. The van der Waals surface area contributed by atoms with Gasteiger partial charge in [0.1, 0.15) is 11.4 Å². The van der Waals surface area contributed by atoms with Crippen LogP contribution in [0.25, 0.3) is 10.9 Å². The number of para-hydroxylation sites is 1. The Morgan fingerprint density at radius 2 is 2.29 bits per heavy atom. The summed E-state index contributed by atoms with van der Waals surface area (Å²) in [7, 11) is 0. The number of fused-ring (bicyclic) bond motifs is 1. The van der Waals surface area contributed by atoms with Crippen LogP contribution in [0, 0.1) is 0 Å². The molecule has 0 saturated carbocycles. The number of nitrogens with one attached hydrogen (secondary N) is 1. The minimum atomic E-state index is 0.384. The highest BCUT2D eigenvalue weighted by atomic mass is 32.2. The number of hydrogen-bond acceptors (Lipinski definition) is 5. The molecule has 0 spiro atoms. The predicted octanol–water partition coefficient (Wildman–Crippen LogP) is 2.88. The zero-order valence-corrected chi connectivity index (χ0v) is 13.1. The number of benzene rings is 1. The van der Waals surface area contributed by atoms with Gasteiger partial charge in [-0.1, -0.05) is 18.2 Å². The van der Waals surface area contributed by atoms with Gasteiger partial charge in [0.05, 0.1) is 11.6 Å². The predicted molar refractivity (Wildman–Crippen MR) is 86.7 cm³/mol. The first-order valence-electron chi connectivity index (χ1n) is 7.52. The Bertz CT molecular complexity index is 581. The molecule has 0 bridgehead atoms. The Hall–Kier alpha value is -1.17. The van der Waals surface area contributed by atoms with Crippen molar-refractivity contribution in [3.05, 3.63) is 30.6 Å². The molecular formula is C16H21N3OS. The van der Waals surface area contributed by atoms with Gasteiger partial charge in [0.25, 0.3) is 0 Å². The molecule has 4 nitrogen and oxygen atoms in total. The van der Waals surface area contributed by atoms with E-state index in [0.29, 0.717) is 12.1 Å². The lowest BCUT2D eigenvalue weighted by Gasteiger charge is -2.19. The summed E-state index contributed by atoms with van der Waals surface area (Å²) in [5, 5.41) is 5.75. The molecule has 21 heavy (non-hydrogen) atoms. The molecule has 1 aliphatic heterocycles. The summed E-state index contributed by atoms with van der Waals surface area (Å²) < 4.78 is 5.70. The number of nitrogens with zero attached hydrogens (tertiary/aromatic N) is 2. The molecule has 0 aliphatic carbocycles. The second-order valence-corrected chi connectivity index (χ2v) is 6.42. The topological polar surface area (TPSA) is 47.0 Å². The third-order valence-electron chi connectivity index (χ3n) is 3.84. The highest BCUT2D eigenvalue weighted by Crippen LogP contribution is 2.23. The normalized spacial score (nSPS) is 20.0. The van der Waals surface area contributed by atoms with E-state index < -0.39 is 0 Å². The van der Waals surface area contributed by atoms with Crippen LogP contribution in [0.3, 0.4) is 0 Å². The van der Waals surface area contributed by atoms with Gasteiger partial charge < -0.3 is 10.1 Å². The SMILES string of the molecule is CC(NCCSc1ncnc2ccccc12)C1CCCO1. The quantitative estimate of drug-likeness (QED) is 0.505. The maximum atomic E-state index is 5.70. The van der Waals surface area contributed by atoms with Gasteiger partial charge in [-0.05, 0) is 25.8 Å². The van der Waals surface area contributed by atoms with Gasteiger partial charge in [-0.15, -0.1) is 11.8 Å². The van der Waals surface area contributed by atoms with Crippen molar-refractivity contribution >= 4 is 22.7 Å². The van der Waals surface area contributed by atoms with Crippen LogP contribution in [0.4, 0.5) is 0 Å². The van der Waals surface area contributed by atoms with Crippen molar-refractivity contribution in [2.24, 2.45) is 0 Å². The summed E-state index contributed by atoms with van der Waals surface area (Å²) in [5.74, 6) is 0.998. The summed E-state index contributed by atoms with van der Waals surface area (Å²) in [4.78, 5) is 8.69. The first kappa shape index (κ1) is 14.8. The first-order valence-corrected chi connectivity index (χ1v) is 8.50. The number of aromatic nitrogens is 2. The minimum absolute atomic E-state index is 0.384. The fourth-order valence-electron chi connectivity index (χ4n) is 2.66. The van der Waals surface area contributed by atoms with E-state index in [9.17, 15) is 0 Å². The van der Waals surface area contributed by atoms with Gasteiger partial charge >= 0.3 is 0 Å². The maximum absolute atomic E-state index is 5.70. The molecule has 3 rings (SSSR count). The summed E-state index contributed by atoms with van der Waals surface area (Å²) in [6, 6.07) is 8.58. The molecule has 1 aromatic carbocycles. The smallest absolute Gasteiger partial charge is 0.117 e. The lowest BCUT2D eigenvalue weighted by Crippen LogP contribution is -2.38. The van der Waals surface area contributed by atoms with E-state index in [1.54, 1.807) is 18.1 Å². The van der Waals surface area contributed by atoms with Crippen LogP contribution < -0.4 is 5.32 Å². The van der Waals surface area contributed by atoms with Gasteiger partial charge in [-0.3, -0.25) is 0 Å². The highest BCUT2D eigenvalue weighted by Gasteiger charge is 2.21. The van der Waals surface area contributed by atoms with Crippen molar-refractivity contribution < 1.29 is 4.74 Å². The Morgan fingerprint density at radius 3 is 3.14 bits per heavy atom. The van der Waals surface area contributed by atoms with Crippen LogP contribution >= 0.6 is 11.8 Å².